The molecule has 0 aliphatic rings. The van der Waals surface area contributed by atoms with E-state index in [1.165, 1.54) is 6.07 Å². The van der Waals surface area contributed by atoms with Crippen molar-refractivity contribution in [1.29, 1.82) is 0 Å². The summed E-state index contributed by atoms with van der Waals surface area (Å²) >= 11 is 8.71. The summed E-state index contributed by atoms with van der Waals surface area (Å²) < 4.78 is 19.6. The van der Waals surface area contributed by atoms with Gasteiger partial charge in [-0.05, 0) is 12.1 Å². The molecule has 0 amide bonds. The zero-order valence-electron chi connectivity index (χ0n) is 6.48. The van der Waals surface area contributed by atoms with E-state index in [-0.39, 0.29) is 20.6 Å². The van der Waals surface area contributed by atoms with Gasteiger partial charge < -0.3 is 15.0 Å². The van der Waals surface area contributed by atoms with Gasteiger partial charge in [0.05, 0.1) is 15.7 Å². The predicted octanol–water partition coefficient (Wildman–Crippen LogP) is 2.27. The first-order valence-corrected chi connectivity index (χ1v) is 5.06. The van der Waals surface area contributed by atoms with Crippen molar-refractivity contribution in [3.8, 4) is 0 Å². The number of rotatable bonds is 2. The first kappa shape index (κ1) is 11.7. The Kier molecular flexibility index (Phi) is 3.71. The van der Waals surface area contributed by atoms with E-state index in [9.17, 15) is 9.42 Å². The predicted molar refractivity (Wildman–Crippen MR) is 53.1 cm³/mol. The summed E-state index contributed by atoms with van der Waals surface area (Å²) in [4.78, 5) is -0.305. The molecule has 0 spiro atoms. The number of hydrogen-bond acceptors (Lipinski definition) is 4. The van der Waals surface area contributed by atoms with Gasteiger partial charge in [0.15, 0.2) is 11.1 Å². The van der Waals surface area contributed by atoms with Gasteiger partial charge in [-0.1, -0.05) is 23.2 Å². The Balaban J connectivity index is 3.41. The fourth-order valence-corrected chi connectivity index (χ4v) is 2.16. The van der Waals surface area contributed by atoms with Crippen molar-refractivity contribution in [3.05, 3.63) is 27.4 Å². The standard InChI is InChI=1S/C6H4Cl2NO4S/c7-3-1-2-4(9(10)11)5(8)6(3)14(12)13/h1-2,10H,(H,12,13)/q-1. The fourth-order valence-electron chi connectivity index (χ4n) is 0.830. The van der Waals surface area contributed by atoms with Gasteiger partial charge in [-0.25, -0.2) is 4.21 Å². The van der Waals surface area contributed by atoms with Crippen LogP contribution in [0.25, 0.3) is 0 Å². The second-order valence-electron chi connectivity index (χ2n) is 2.23. The van der Waals surface area contributed by atoms with Crippen LogP contribution < -0.4 is 5.23 Å². The first-order valence-electron chi connectivity index (χ1n) is 3.20. The van der Waals surface area contributed by atoms with E-state index < -0.39 is 16.3 Å². The lowest BCUT2D eigenvalue weighted by Gasteiger charge is -2.23. The van der Waals surface area contributed by atoms with Crippen molar-refractivity contribution >= 4 is 40.0 Å². The van der Waals surface area contributed by atoms with Gasteiger partial charge in [-0.3, -0.25) is 5.21 Å². The van der Waals surface area contributed by atoms with E-state index >= 15 is 0 Å². The molecule has 0 bridgehead atoms. The Morgan fingerprint density at radius 2 is 2.00 bits per heavy atom. The number of nitrogens with zero attached hydrogens (tertiary/aromatic N) is 1. The second kappa shape index (κ2) is 4.43. The Labute approximate surface area is 91.7 Å². The van der Waals surface area contributed by atoms with Crippen LogP contribution in [0.4, 0.5) is 5.69 Å². The lowest BCUT2D eigenvalue weighted by Crippen LogP contribution is -2.08. The molecular weight excluding hydrogens is 253 g/mol. The Morgan fingerprint density at radius 1 is 1.43 bits per heavy atom. The van der Waals surface area contributed by atoms with Crippen molar-refractivity contribution in [2.45, 2.75) is 4.90 Å². The average Bonchev–Trinajstić information content (AvgIpc) is 2.02. The van der Waals surface area contributed by atoms with E-state index in [0.717, 1.165) is 6.07 Å². The summed E-state index contributed by atoms with van der Waals surface area (Å²) in [6, 6.07) is 2.32. The minimum absolute atomic E-state index is 0.0542. The molecule has 0 radical (unpaired) electrons. The Morgan fingerprint density at radius 3 is 2.43 bits per heavy atom. The van der Waals surface area contributed by atoms with Crippen molar-refractivity contribution in [2.75, 3.05) is 5.23 Å². The summed E-state index contributed by atoms with van der Waals surface area (Å²) in [5.41, 5.74) is -0.339. The monoisotopic (exact) mass is 256 g/mol. The van der Waals surface area contributed by atoms with Gasteiger partial charge in [-0.2, -0.15) is 0 Å². The highest BCUT2D eigenvalue weighted by atomic mass is 35.5. The molecule has 0 aliphatic carbocycles. The van der Waals surface area contributed by atoms with Gasteiger partial charge in [0.2, 0.25) is 0 Å². The maximum absolute atomic E-state index is 10.8. The van der Waals surface area contributed by atoms with Crippen LogP contribution >= 0.6 is 23.2 Å². The van der Waals surface area contributed by atoms with Gasteiger partial charge in [0.25, 0.3) is 0 Å². The van der Waals surface area contributed by atoms with Crippen LogP contribution in [0.5, 0.6) is 0 Å². The molecule has 1 aromatic rings. The van der Waals surface area contributed by atoms with Gasteiger partial charge in [0.1, 0.15) is 4.90 Å². The van der Waals surface area contributed by atoms with E-state index in [1.54, 1.807) is 0 Å². The van der Waals surface area contributed by atoms with E-state index in [1.807, 2.05) is 0 Å². The quantitative estimate of drug-likeness (QED) is 0.627. The highest BCUT2D eigenvalue weighted by molar-refractivity contribution is 7.79. The van der Waals surface area contributed by atoms with Gasteiger partial charge in [-0.15, -0.1) is 0 Å². The SMILES string of the molecule is O=S(O)c1c(Cl)ccc(N([O-])O)c1Cl. The normalized spacial score (nSPS) is 12.6. The van der Waals surface area contributed by atoms with Crippen LogP contribution in [0.2, 0.25) is 10.0 Å². The van der Waals surface area contributed by atoms with Crippen LogP contribution in [-0.2, 0) is 11.1 Å². The molecular formula is C6H4Cl2NO4S-. The molecule has 0 aliphatic heterocycles. The molecule has 0 heterocycles. The number of hydrogen-bond donors (Lipinski definition) is 2. The molecule has 1 unspecified atom stereocenters. The molecule has 8 heteroatoms. The van der Waals surface area contributed by atoms with Crippen LogP contribution in [-0.4, -0.2) is 14.0 Å². The first-order chi connectivity index (χ1) is 6.45. The third-order valence-corrected chi connectivity index (χ3v) is 3.10. The zero-order chi connectivity index (χ0) is 10.9. The molecule has 0 aromatic heterocycles. The zero-order valence-corrected chi connectivity index (χ0v) is 8.81. The maximum Gasteiger partial charge on any atom is 0.189 e. The molecule has 0 fully saturated rings. The summed E-state index contributed by atoms with van der Waals surface area (Å²) in [6.45, 7) is 0. The number of benzene rings is 1. The van der Waals surface area contributed by atoms with Crippen molar-refractivity contribution in [1.82, 2.24) is 0 Å². The molecule has 5 nitrogen and oxygen atoms in total. The summed E-state index contributed by atoms with van der Waals surface area (Å²) in [5.74, 6) is 0. The van der Waals surface area contributed by atoms with Crippen LogP contribution in [0.1, 0.15) is 0 Å². The van der Waals surface area contributed by atoms with Gasteiger partial charge >= 0.3 is 0 Å². The van der Waals surface area contributed by atoms with Crippen molar-refractivity contribution < 1.29 is 14.0 Å². The molecule has 78 valence electrons. The van der Waals surface area contributed by atoms with Crippen molar-refractivity contribution in [2.24, 2.45) is 0 Å². The number of halogens is 2. The highest BCUT2D eigenvalue weighted by Gasteiger charge is 2.15. The lowest BCUT2D eigenvalue weighted by atomic mass is 10.3. The van der Waals surface area contributed by atoms with Crippen LogP contribution in [0, 0.1) is 5.21 Å². The summed E-state index contributed by atoms with van der Waals surface area (Å²) in [6.07, 6.45) is 0. The summed E-state index contributed by atoms with van der Waals surface area (Å²) in [7, 11) is 0. The van der Waals surface area contributed by atoms with E-state index in [0.29, 0.717) is 0 Å². The third-order valence-electron chi connectivity index (χ3n) is 1.41. The van der Waals surface area contributed by atoms with Crippen LogP contribution in [0.15, 0.2) is 17.0 Å². The fraction of sp³-hybridized carbons (Fsp3) is 0. The highest BCUT2D eigenvalue weighted by Crippen LogP contribution is 2.34. The van der Waals surface area contributed by atoms with Crippen molar-refractivity contribution in [3.63, 3.8) is 0 Å². The Bertz CT molecular complexity index is 384. The largest absolute Gasteiger partial charge is 0.733 e. The molecule has 0 saturated carbocycles. The molecule has 1 aromatic carbocycles. The topological polar surface area (TPSA) is 83.8 Å². The summed E-state index contributed by atoms with van der Waals surface area (Å²) in [5, 5.41) is 18.2. The number of anilines is 1. The van der Waals surface area contributed by atoms with Gasteiger partial charge in [0, 0.05) is 0 Å². The smallest absolute Gasteiger partial charge is 0.189 e. The molecule has 14 heavy (non-hydrogen) atoms. The molecule has 0 saturated heterocycles. The minimum Gasteiger partial charge on any atom is -0.733 e. The van der Waals surface area contributed by atoms with Crippen LogP contribution in [0.3, 0.4) is 0 Å². The molecule has 1 atom stereocenters. The molecule has 1 rings (SSSR count). The molecule has 2 N–H and O–H groups in total. The Hall–Kier alpha value is -0.370. The maximum atomic E-state index is 10.8. The van der Waals surface area contributed by atoms with E-state index in [4.69, 9.17) is 33.0 Å². The average molecular weight is 257 g/mol. The third kappa shape index (κ3) is 2.17. The minimum atomic E-state index is -2.42. The van der Waals surface area contributed by atoms with E-state index in [2.05, 4.69) is 0 Å². The second-order valence-corrected chi connectivity index (χ2v) is 3.92. The lowest BCUT2D eigenvalue weighted by molar-refractivity contribution is 0.296.